The maximum absolute atomic E-state index is 13.2. The summed E-state index contributed by atoms with van der Waals surface area (Å²) in [6, 6.07) is 14.5. The van der Waals surface area contributed by atoms with E-state index in [0.717, 1.165) is 5.56 Å². The Kier molecular flexibility index (Phi) is 5.69. The number of anilines is 3. The van der Waals surface area contributed by atoms with Crippen LogP contribution in [0.3, 0.4) is 0 Å². The Balaban J connectivity index is 1.55. The lowest BCUT2D eigenvalue weighted by Gasteiger charge is -2.29. The second-order valence-electron chi connectivity index (χ2n) is 7.11. The fourth-order valence-electron chi connectivity index (χ4n) is 3.43. The molecule has 9 heteroatoms. The third kappa shape index (κ3) is 4.01. The number of benzene rings is 2. The molecule has 0 bridgehead atoms. The standard InChI is InChI=1S/C21H20ClN5O2S/c1-13-11-18(28)23-16-9-5-6-10-17(16)27(13)19(29)12-26(2)21-25-24-20(30-21)14-7-3-4-8-15(14)22/h3-10,13H,11-12H2,1-2H3,(H,23,28). The SMILES string of the molecule is CC1CC(=O)Nc2ccccc2N1C(=O)CN(C)c1nnc(-c2ccccc2Cl)s1. The van der Waals surface area contributed by atoms with Gasteiger partial charge >= 0.3 is 0 Å². The Labute approximate surface area is 183 Å². The molecular weight excluding hydrogens is 422 g/mol. The number of halogens is 1. The quantitative estimate of drug-likeness (QED) is 0.660. The predicted molar refractivity (Wildman–Crippen MR) is 120 cm³/mol. The third-order valence-electron chi connectivity index (χ3n) is 4.85. The fourth-order valence-corrected chi connectivity index (χ4v) is 4.55. The maximum Gasteiger partial charge on any atom is 0.246 e. The molecule has 4 rings (SSSR count). The van der Waals surface area contributed by atoms with Gasteiger partial charge in [-0.05, 0) is 25.1 Å². The molecule has 154 valence electrons. The minimum atomic E-state index is -0.261. The summed E-state index contributed by atoms with van der Waals surface area (Å²) in [6.45, 7) is 1.98. The molecule has 3 aromatic rings. The molecule has 1 unspecified atom stereocenters. The Morgan fingerprint density at radius 1 is 1.23 bits per heavy atom. The van der Waals surface area contributed by atoms with Crippen LogP contribution in [0, 0.1) is 0 Å². The summed E-state index contributed by atoms with van der Waals surface area (Å²) in [5.41, 5.74) is 2.14. The minimum absolute atomic E-state index is 0.101. The van der Waals surface area contributed by atoms with Gasteiger partial charge in [0.2, 0.25) is 16.9 Å². The summed E-state index contributed by atoms with van der Waals surface area (Å²) in [5.74, 6) is -0.226. The number of aromatic nitrogens is 2. The number of carbonyl (C=O) groups excluding carboxylic acids is 2. The van der Waals surface area contributed by atoms with Crippen LogP contribution in [-0.4, -0.2) is 41.6 Å². The van der Waals surface area contributed by atoms with Crippen LogP contribution >= 0.6 is 22.9 Å². The van der Waals surface area contributed by atoms with E-state index in [1.165, 1.54) is 11.3 Å². The molecule has 2 aromatic carbocycles. The molecule has 1 aromatic heterocycles. The van der Waals surface area contributed by atoms with E-state index in [1.54, 1.807) is 29.0 Å². The van der Waals surface area contributed by atoms with Gasteiger partial charge in [0.15, 0.2) is 5.01 Å². The van der Waals surface area contributed by atoms with E-state index in [1.807, 2.05) is 43.3 Å². The van der Waals surface area contributed by atoms with Crippen LogP contribution in [0.1, 0.15) is 13.3 Å². The van der Waals surface area contributed by atoms with Crippen molar-refractivity contribution in [2.45, 2.75) is 19.4 Å². The molecule has 1 aliphatic heterocycles. The van der Waals surface area contributed by atoms with Crippen molar-refractivity contribution in [1.29, 1.82) is 0 Å². The molecule has 0 spiro atoms. The second kappa shape index (κ2) is 8.41. The topological polar surface area (TPSA) is 78.4 Å². The van der Waals surface area contributed by atoms with Crippen LogP contribution in [0.2, 0.25) is 5.02 Å². The van der Waals surface area contributed by atoms with Crippen LogP contribution in [-0.2, 0) is 9.59 Å². The highest BCUT2D eigenvalue weighted by Crippen LogP contribution is 2.34. The van der Waals surface area contributed by atoms with Crippen LogP contribution in [0.4, 0.5) is 16.5 Å². The number of amides is 2. The zero-order chi connectivity index (χ0) is 21.3. The van der Waals surface area contributed by atoms with Crippen LogP contribution in [0.25, 0.3) is 10.6 Å². The maximum atomic E-state index is 13.2. The number of nitrogens with one attached hydrogen (secondary N) is 1. The van der Waals surface area contributed by atoms with Crippen molar-refractivity contribution in [1.82, 2.24) is 10.2 Å². The first-order valence-electron chi connectivity index (χ1n) is 9.44. The van der Waals surface area contributed by atoms with Gasteiger partial charge < -0.3 is 15.1 Å². The summed E-state index contributed by atoms with van der Waals surface area (Å²) >= 11 is 7.63. The first-order chi connectivity index (χ1) is 14.4. The highest BCUT2D eigenvalue weighted by molar-refractivity contribution is 7.18. The lowest BCUT2D eigenvalue weighted by Crippen LogP contribution is -2.44. The summed E-state index contributed by atoms with van der Waals surface area (Å²) in [4.78, 5) is 28.8. The average Bonchev–Trinajstić information content (AvgIpc) is 3.15. The van der Waals surface area contributed by atoms with Gasteiger partial charge in [0.1, 0.15) is 0 Å². The van der Waals surface area contributed by atoms with Crippen molar-refractivity contribution < 1.29 is 9.59 Å². The van der Waals surface area contributed by atoms with Crippen molar-refractivity contribution in [3.05, 3.63) is 53.6 Å². The van der Waals surface area contributed by atoms with Gasteiger partial charge in [0, 0.05) is 25.1 Å². The van der Waals surface area contributed by atoms with E-state index in [0.29, 0.717) is 26.5 Å². The van der Waals surface area contributed by atoms with Gasteiger partial charge in [0.25, 0.3) is 0 Å². The minimum Gasteiger partial charge on any atom is -0.340 e. The summed E-state index contributed by atoms with van der Waals surface area (Å²) in [6.07, 6.45) is 0.236. The lowest BCUT2D eigenvalue weighted by atomic mass is 10.1. The van der Waals surface area contributed by atoms with Gasteiger partial charge in [0.05, 0.1) is 22.9 Å². The zero-order valence-corrected chi connectivity index (χ0v) is 18.1. The van der Waals surface area contributed by atoms with Gasteiger partial charge in [-0.3, -0.25) is 9.59 Å². The molecule has 0 aliphatic carbocycles. The molecule has 0 fully saturated rings. The van der Waals surface area contributed by atoms with E-state index in [9.17, 15) is 9.59 Å². The number of nitrogens with zero attached hydrogens (tertiary/aromatic N) is 4. The summed E-state index contributed by atoms with van der Waals surface area (Å²) in [7, 11) is 1.80. The van der Waals surface area contributed by atoms with Crippen LogP contribution < -0.4 is 15.1 Å². The molecule has 2 amide bonds. The molecule has 0 saturated heterocycles. The first kappa shape index (κ1) is 20.3. The summed E-state index contributed by atoms with van der Waals surface area (Å²) in [5, 5.41) is 13.2. The van der Waals surface area contributed by atoms with Crippen molar-refractivity contribution >= 4 is 51.3 Å². The summed E-state index contributed by atoms with van der Waals surface area (Å²) < 4.78 is 0. The van der Waals surface area contributed by atoms with E-state index in [2.05, 4.69) is 15.5 Å². The Morgan fingerprint density at radius 2 is 1.97 bits per heavy atom. The fraction of sp³-hybridized carbons (Fsp3) is 0.238. The largest absolute Gasteiger partial charge is 0.340 e. The third-order valence-corrected chi connectivity index (χ3v) is 6.25. The van der Waals surface area contributed by atoms with Crippen molar-refractivity contribution in [3.8, 4) is 10.6 Å². The Morgan fingerprint density at radius 3 is 2.77 bits per heavy atom. The number of hydrogen-bond donors (Lipinski definition) is 1. The van der Waals surface area contributed by atoms with Crippen LogP contribution in [0.5, 0.6) is 0 Å². The van der Waals surface area contributed by atoms with E-state index in [-0.39, 0.29) is 30.8 Å². The monoisotopic (exact) mass is 441 g/mol. The number of carbonyl (C=O) groups is 2. The van der Waals surface area contributed by atoms with Gasteiger partial charge in [-0.2, -0.15) is 0 Å². The van der Waals surface area contributed by atoms with E-state index < -0.39 is 0 Å². The molecule has 1 atom stereocenters. The molecule has 2 heterocycles. The van der Waals surface area contributed by atoms with E-state index >= 15 is 0 Å². The number of para-hydroxylation sites is 2. The highest BCUT2D eigenvalue weighted by atomic mass is 35.5. The number of rotatable bonds is 4. The highest BCUT2D eigenvalue weighted by Gasteiger charge is 2.30. The zero-order valence-electron chi connectivity index (χ0n) is 16.5. The molecule has 0 radical (unpaired) electrons. The number of hydrogen-bond acceptors (Lipinski definition) is 6. The Hall–Kier alpha value is -2.97. The molecule has 0 saturated carbocycles. The Bertz CT molecular complexity index is 1100. The number of fused-ring (bicyclic) bond motifs is 1. The first-order valence-corrected chi connectivity index (χ1v) is 10.6. The van der Waals surface area contributed by atoms with Gasteiger partial charge in [-0.25, -0.2) is 0 Å². The molecular formula is C21H20ClN5O2S. The molecule has 7 nitrogen and oxygen atoms in total. The lowest BCUT2D eigenvalue weighted by molar-refractivity contribution is -0.118. The average molecular weight is 442 g/mol. The van der Waals surface area contributed by atoms with Crippen molar-refractivity contribution in [2.24, 2.45) is 0 Å². The van der Waals surface area contributed by atoms with Gasteiger partial charge in [-0.15, -0.1) is 10.2 Å². The predicted octanol–water partition coefficient (Wildman–Crippen LogP) is 4.06. The van der Waals surface area contributed by atoms with Crippen molar-refractivity contribution in [3.63, 3.8) is 0 Å². The van der Waals surface area contributed by atoms with Crippen molar-refractivity contribution in [2.75, 3.05) is 28.7 Å². The second-order valence-corrected chi connectivity index (χ2v) is 8.47. The smallest absolute Gasteiger partial charge is 0.246 e. The van der Waals surface area contributed by atoms with Gasteiger partial charge in [-0.1, -0.05) is 53.3 Å². The molecule has 30 heavy (non-hydrogen) atoms. The van der Waals surface area contributed by atoms with E-state index in [4.69, 9.17) is 11.6 Å². The van der Waals surface area contributed by atoms with Crippen LogP contribution in [0.15, 0.2) is 48.5 Å². The number of likely N-dealkylation sites (N-methyl/N-ethyl adjacent to an activating group) is 1. The molecule has 1 aliphatic rings. The molecule has 1 N–H and O–H groups in total. The normalized spacial score (nSPS) is 15.9.